The normalized spacial score (nSPS) is 11.2. The minimum absolute atomic E-state index is 0.444. The van der Waals surface area contributed by atoms with Crippen LogP contribution in [0, 0.1) is 22.7 Å². The van der Waals surface area contributed by atoms with Gasteiger partial charge in [-0.25, -0.2) is 0 Å². The second-order valence-electron chi connectivity index (χ2n) is 10.8. The molecule has 0 aliphatic rings. The predicted molar refractivity (Wildman–Crippen MR) is 177 cm³/mol. The highest BCUT2D eigenvalue weighted by Gasteiger charge is 2.21. The van der Waals surface area contributed by atoms with E-state index in [1.54, 1.807) is 25.3 Å². The minimum atomic E-state index is 0.444. The first kappa shape index (κ1) is 25.4. The number of nitrogens with zero attached hydrogens (tertiary/aromatic N) is 4. The molecule has 6 aromatic carbocycles. The largest absolute Gasteiger partial charge is 0.497 e. The zero-order valence-corrected chi connectivity index (χ0v) is 23.8. The Bertz CT molecular complexity index is 2470. The molecule has 0 spiro atoms. The summed E-state index contributed by atoms with van der Waals surface area (Å²) in [4.78, 5) is 0. The Morgan fingerprint density at radius 3 is 1.98 bits per heavy atom. The number of benzene rings is 6. The third-order valence-electron chi connectivity index (χ3n) is 8.50. The lowest BCUT2D eigenvalue weighted by atomic mass is 9.97. The van der Waals surface area contributed by atoms with Crippen LogP contribution in [0.25, 0.3) is 66.1 Å². The first-order valence-corrected chi connectivity index (χ1v) is 14.4. The highest BCUT2D eigenvalue weighted by atomic mass is 16.5. The molecule has 0 saturated heterocycles. The van der Waals surface area contributed by atoms with Crippen molar-refractivity contribution in [2.75, 3.05) is 7.11 Å². The molecule has 0 radical (unpaired) electrons. The Kier molecular flexibility index (Phi) is 5.72. The zero-order chi connectivity index (χ0) is 29.8. The van der Waals surface area contributed by atoms with Crippen LogP contribution in [-0.2, 0) is 0 Å². The maximum Gasteiger partial charge on any atom is 0.119 e. The molecule has 0 aliphatic heterocycles. The summed E-state index contributed by atoms with van der Waals surface area (Å²) in [5, 5.41) is 24.5. The summed E-state index contributed by atoms with van der Waals surface area (Å²) in [5.74, 6) is 0.738. The average molecular weight is 565 g/mol. The SMILES string of the molecule is COc1ccc2c(c1)c1c(-c3ccc4c(c3)c3ccccc3n4-c3ccccc3)cccc1n2-c1c(C#N)cccc1C#N. The van der Waals surface area contributed by atoms with Crippen LogP contribution < -0.4 is 4.74 Å². The molecule has 0 fully saturated rings. The minimum Gasteiger partial charge on any atom is -0.497 e. The number of aromatic nitrogens is 2. The standard InChI is InChI=1S/C39H24N4O/c1-44-29-18-20-36-33(22-29)38-30(14-8-16-37(38)43(36)39-26(23-40)9-7-10-27(39)24-41)25-17-19-35-32(21-25)31-13-5-6-15-34(31)42(35)28-11-3-2-4-12-28/h2-22H,1H3. The van der Waals surface area contributed by atoms with Gasteiger partial charge in [0.15, 0.2) is 0 Å². The van der Waals surface area contributed by atoms with E-state index in [0.717, 1.165) is 55.4 Å². The number of methoxy groups -OCH3 is 1. The first-order valence-electron chi connectivity index (χ1n) is 14.4. The maximum atomic E-state index is 10.1. The van der Waals surface area contributed by atoms with Crippen molar-refractivity contribution in [2.45, 2.75) is 0 Å². The van der Waals surface area contributed by atoms with Crippen molar-refractivity contribution in [3.8, 4) is 40.4 Å². The van der Waals surface area contributed by atoms with Crippen LogP contribution in [0.15, 0.2) is 127 Å². The second-order valence-corrected chi connectivity index (χ2v) is 10.8. The number of hydrogen-bond acceptors (Lipinski definition) is 3. The molecule has 2 heterocycles. The van der Waals surface area contributed by atoms with E-state index in [4.69, 9.17) is 4.74 Å². The van der Waals surface area contributed by atoms with Crippen LogP contribution >= 0.6 is 0 Å². The Morgan fingerprint density at radius 2 is 1.20 bits per heavy atom. The van der Waals surface area contributed by atoms with Crippen molar-refractivity contribution in [1.29, 1.82) is 10.5 Å². The molecule has 0 aliphatic carbocycles. The first-order chi connectivity index (χ1) is 21.7. The van der Waals surface area contributed by atoms with Crippen molar-refractivity contribution in [1.82, 2.24) is 9.13 Å². The fraction of sp³-hybridized carbons (Fsp3) is 0.0256. The summed E-state index contributed by atoms with van der Waals surface area (Å²) in [7, 11) is 1.66. The van der Waals surface area contributed by atoms with Crippen molar-refractivity contribution < 1.29 is 4.74 Å². The third kappa shape index (κ3) is 3.64. The summed E-state index contributed by atoms with van der Waals surface area (Å²) < 4.78 is 10.0. The predicted octanol–water partition coefficient (Wildman–Crippen LogP) is 9.30. The van der Waals surface area contributed by atoms with E-state index in [2.05, 4.69) is 95.6 Å². The zero-order valence-electron chi connectivity index (χ0n) is 23.8. The van der Waals surface area contributed by atoms with Gasteiger partial charge in [-0.2, -0.15) is 10.5 Å². The number of para-hydroxylation sites is 3. The van der Waals surface area contributed by atoms with Gasteiger partial charge in [0.2, 0.25) is 0 Å². The van der Waals surface area contributed by atoms with Crippen molar-refractivity contribution in [2.24, 2.45) is 0 Å². The van der Waals surface area contributed by atoms with Crippen LogP contribution in [-0.4, -0.2) is 16.2 Å². The number of hydrogen-bond donors (Lipinski definition) is 0. The van der Waals surface area contributed by atoms with Gasteiger partial charge in [-0.15, -0.1) is 0 Å². The molecule has 0 amide bonds. The smallest absolute Gasteiger partial charge is 0.119 e. The molecule has 2 aromatic heterocycles. The van der Waals surface area contributed by atoms with E-state index >= 15 is 0 Å². The van der Waals surface area contributed by atoms with Crippen molar-refractivity contribution in [3.05, 3.63) is 139 Å². The molecule has 0 atom stereocenters. The van der Waals surface area contributed by atoms with E-state index < -0.39 is 0 Å². The topological polar surface area (TPSA) is 66.7 Å². The lowest BCUT2D eigenvalue weighted by Gasteiger charge is -2.12. The monoisotopic (exact) mass is 564 g/mol. The van der Waals surface area contributed by atoms with Gasteiger partial charge >= 0.3 is 0 Å². The van der Waals surface area contributed by atoms with Crippen LogP contribution in [0.4, 0.5) is 0 Å². The Balaban J connectivity index is 1.47. The van der Waals surface area contributed by atoms with Gasteiger partial charge in [0.05, 0.1) is 46.0 Å². The Labute approximate surface area is 253 Å². The van der Waals surface area contributed by atoms with E-state index in [1.807, 2.05) is 34.9 Å². The molecule has 8 rings (SSSR count). The lowest BCUT2D eigenvalue weighted by molar-refractivity contribution is 0.415. The number of nitriles is 2. The summed E-state index contributed by atoms with van der Waals surface area (Å²) in [6, 6.07) is 47.7. The van der Waals surface area contributed by atoms with Crippen LogP contribution in [0.5, 0.6) is 5.75 Å². The van der Waals surface area contributed by atoms with Crippen molar-refractivity contribution in [3.63, 3.8) is 0 Å². The molecule has 0 N–H and O–H groups in total. The van der Waals surface area contributed by atoms with Gasteiger partial charge in [-0.3, -0.25) is 0 Å². The van der Waals surface area contributed by atoms with Crippen LogP contribution in [0.3, 0.4) is 0 Å². The number of rotatable bonds is 4. The van der Waals surface area contributed by atoms with Gasteiger partial charge < -0.3 is 13.9 Å². The molecule has 206 valence electrons. The lowest BCUT2D eigenvalue weighted by Crippen LogP contribution is -2.01. The van der Waals surface area contributed by atoms with Crippen molar-refractivity contribution >= 4 is 43.6 Å². The highest BCUT2D eigenvalue weighted by molar-refractivity contribution is 6.18. The molecule has 0 bridgehead atoms. The molecule has 0 saturated carbocycles. The summed E-state index contributed by atoms with van der Waals surface area (Å²) >= 11 is 0. The molecule has 8 aromatic rings. The van der Waals surface area contributed by atoms with Gasteiger partial charge in [-0.05, 0) is 77.9 Å². The fourth-order valence-electron chi connectivity index (χ4n) is 6.62. The summed E-state index contributed by atoms with van der Waals surface area (Å²) in [6.45, 7) is 0. The van der Waals surface area contributed by atoms with E-state index in [-0.39, 0.29) is 0 Å². The second kappa shape index (κ2) is 9.91. The quantitative estimate of drug-likeness (QED) is 0.214. The number of ether oxygens (including phenoxy) is 1. The fourth-order valence-corrected chi connectivity index (χ4v) is 6.62. The molecular weight excluding hydrogens is 540 g/mol. The maximum absolute atomic E-state index is 10.1. The van der Waals surface area contributed by atoms with Crippen LogP contribution in [0.1, 0.15) is 11.1 Å². The molecular formula is C39H24N4O. The highest BCUT2D eigenvalue weighted by Crippen LogP contribution is 2.42. The van der Waals surface area contributed by atoms with Gasteiger partial charge in [0, 0.05) is 27.2 Å². The van der Waals surface area contributed by atoms with Gasteiger partial charge in [0.25, 0.3) is 0 Å². The van der Waals surface area contributed by atoms with E-state index in [0.29, 0.717) is 16.8 Å². The Morgan fingerprint density at radius 1 is 0.545 bits per heavy atom. The van der Waals surface area contributed by atoms with Crippen LogP contribution in [0.2, 0.25) is 0 Å². The van der Waals surface area contributed by atoms with Gasteiger partial charge in [-0.1, -0.05) is 60.7 Å². The summed E-state index contributed by atoms with van der Waals surface area (Å²) in [6.07, 6.45) is 0. The van der Waals surface area contributed by atoms with E-state index in [1.165, 1.54) is 10.8 Å². The third-order valence-corrected chi connectivity index (χ3v) is 8.50. The Hall–Kier alpha value is -6.30. The van der Waals surface area contributed by atoms with Gasteiger partial charge in [0.1, 0.15) is 17.9 Å². The molecule has 5 nitrogen and oxygen atoms in total. The number of fused-ring (bicyclic) bond motifs is 6. The molecule has 5 heteroatoms. The molecule has 0 unspecified atom stereocenters. The molecule has 44 heavy (non-hydrogen) atoms. The average Bonchev–Trinajstić information content (AvgIpc) is 3.60. The van der Waals surface area contributed by atoms with E-state index in [9.17, 15) is 10.5 Å². The summed E-state index contributed by atoms with van der Waals surface area (Å²) in [5.41, 5.74) is 8.83.